The molecule has 0 aliphatic carbocycles. The lowest BCUT2D eigenvalue weighted by atomic mass is 10.0. The lowest BCUT2D eigenvalue weighted by Gasteiger charge is -2.35. The lowest BCUT2D eigenvalue weighted by molar-refractivity contribution is -0.140. The number of sulfonamides is 1. The van der Waals surface area contributed by atoms with Crippen molar-refractivity contribution in [2.75, 3.05) is 17.1 Å². The van der Waals surface area contributed by atoms with Crippen LogP contribution in [-0.4, -0.2) is 49.5 Å². The first kappa shape index (κ1) is 30.8. The van der Waals surface area contributed by atoms with Gasteiger partial charge in [-0.05, 0) is 57.4 Å². The summed E-state index contributed by atoms with van der Waals surface area (Å²) in [6.45, 7) is 8.28. The second kappa shape index (κ2) is 12.6. The number of nitrogens with zero attached hydrogens (tertiary/aromatic N) is 2. The van der Waals surface area contributed by atoms with Crippen LogP contribution < -0.4 is 9.62 Å². The van der Waals surface area contributed by atoms with Crippen molar-refractivity contribution in [2.45, 2.75) is 59.2 Å². The largest absolute Gasteiger partial charge is 0.350 e. The Morgan fingerprint density at radius 1 is 0.900 bits per heavy atom. The summed E-state index contributed by atoms with van der Waals surface area (Å²) in [6, 6.07) is 19.6. The topological polar surface area (TPSA) is 86.8 Å². The van der Waals surface area contributed by atoms with Crippen molar-refractivity contribution in [3.8, 4) is 0 Å². The van der Waals surface area contributed by atoms with E-state index in [1.54, 1.807) is 44.2 Å². The molecule has 3 aromatic rings. The number of amides is 2. The Morgan fingerprint density at radius 2 is 1.48 bits per heavy atom. The third-order valence-electron chi connectivity index (χ3n) is 6.44. The second-order valence-corrected chi connectivity index (χ2v) is 13.0. The summed E-state index contributed by atoms with van der Waals surface area (Å²) in [5.41, 5.74) is 2.20. The van der Waals surface area contributed by atoms with Gasteiger partial charge in [0.1, 0.15) is 18.4 Å². The van der Waals surface area contributed by atoms with Crippen LogP contribution in [0.2, 0.25) is 0 Å². The summed E-state index contributed by atoms with van der Waals surface area (Å²) < 4.78 is 41.9. The van der Waals surface area contributed by atoms with Gasteiger partial charge in [0.05, 0.1) is 11.9 Å². The Morgan fingerprint density at radius 3 is 2.02 bits per heavy atom. The fourth-order valence-electron chi connectivity index (χ4n) is 4.59. The van der Waals surface area contributed by atoms with E-state index in [2.05, 4.69) is 5.32 Å². The molecule has 2 amide bonds. The van der Waals surface area contributed by atoms with Crippen LogP contribution in [-0.2, 0) is 32.6 Å². The molecule has 0 aromatic heterocycles. The zero-order valence-corrected chi connectivity index (χ0v) is 24.8. The summed E-state index contributed by atoms with van der Waals surface area (Å²) in [4.78, 5) is 29.1. The van der Waals surface area contributed by atoms with Crippen LogP contribution in [0.25, 0.3) is 0 Å². The Bertz CT molecular complexity index is 1430. The van der Waals surface area contributed by atoms with Crippen molar-refractivity contribution in [2.24, 2.45) is 0 Å². The number of carbonyl (C=O) groups is 2. The molecule has 7 nitrogen and oxygen atoms in total. The van der Waals surface area contributed by atoms with Gasteiger partial charge in [0.2, 0.25) is 21.8 Å². The molecule has 1 N–H and O–H groups in total. The number of aryl methyl sites for hydroxylation is 2. The van der Waals surface area contributed by atoms with Crippen LogP contribution in [0.5, 0.6) is 0 Å². The first-order valence-corrected chi connectivity index (χ1v) is 14.9. The maximum atomic E-state index is 14.9. The van der Waals surface area contributed by atoms with Crippen LogP contribution in [0.1, 0.15) is 43.0 Å². The number of rotatable bonds is 10. The van der Waals surface area contributed by atoms with Crippen LogP contribution >= 0.6 is 0 Å². The van der Waals surface area contributed by atoms with Crippen molar-refractivity contribution in [1.29, 1.82) is 0 Å². The van der Waals surface area contributed by atoms with Crippen LogP contribution in [0.3, 0.4) is 0 Å². The molecule has 3 aromatic carbocycles. The molecule has 0 aliphatic rings. The van der Waals surface area contributed by atoms with E-state index in [4.69, 9.17) is 0 Å². The van der Waals surface area contributed by atoms with Gasteiger partial charge in [0.15, 0.2) is 0 Å². The van der Waals surface area contributed by atoms with Gasteiger partial charge in [-0.2, -0.15) is 0 Å². The van der Waals surface area contributed by atoms with Crippen molar-refractivity contribution < 1.29 is 22.4 Å². The van der Waals surface area contributed by atoms with Crippen LogP contribution in [0, 0.1) is 19.7 Å². The third kappa shape index (κ3) is 8.14. The Labute approximate surface area is 237 Å². The Balaban J connectivity index is 2.12. The standard InChI is InChI=1S/C31H38FN3O4S/c1-22-13-12-14-23(2)29(22)35(40(6,38)39)21-28(36)34(20-25-17-10-11-18-26(25)32)27(30(37)33-31(3,4)5)19-24-15-8-7-9-16-24/h7-18,27H,19-21H2,1-6H3,(H,33,37)/t27-/m0/s1. The minimum atomic E-state index is -3.89. The number of hydrogen-bond acceptors (Lipinski definition) is 4. The molecule has 0 unspecified atom stereocenters. The number of hydrogen-bond donors (Lipinski definition) is 1. The maximum absolute atomic E-state index is 14.9. The van der Waals surface area contributed by atoms with E-state index in [1.807, 2.05) is 57.2 Å². The molecule has 214 valence electrons. The molecule has 0 bridgehead atoms. The highest BCUT2D eigenvalue weighted by Crippen LogP contribution is 2.27. The molecule has 0 radical (unpaired) electrons. The van der Waals surface area contributed by atoms with Crippen molar-refractivity contribution in [3.05, 3.63) is 101 Å². The number of para-hydroxylation sites is 1. The summed E-state index contributed by atoms with van der Waals surface area (Å²) in [5, 5.41) is 2.95. The van der Waals surface area contributed by atoms with Crippen LogP contribution in [0.4, 0.5) is 10.1 Å². The number of benzene rings is 3. The van der Waals surface area contributed by atoms with Gasteiger partial charge in [-0.25, -0.2) is 12.8 Å². The van der Waals surface area contributed by atoms with Gasteiger partial charge in [-0.15, -0.1) is 0 Å². The average Bonchev–Trinajstić information content (AvgIpc) is 2.85. The number of carbonyl (C=O) groups excluding carboxylic acids is 2. The zero-order chi connectivity index (χ0) is 29.7. The van der Waals surface area contributed by atoms with Crippen molar-refractivity contribution in [1.82, 2.24) is 10.2 Å². The van der Waals surface area contributed by atoms with Gasteiger partial charge in [-0.3, -0.25) is 13.9 Å². The van der Waals surface area contributed by atoms with Gasteiger partial charge in [0.25, 0.3) is 0 Å². The highest BCUT2D eigenvalue weighted by molar-refractivity contribution is 7.92. The SMILES string of the molecule is Cc1cccc(C)c1N(CC(=O)N(Cc1ccccc1F)[C@@H](Cc1ccccc1)C(=O)NC(C)(C)C)S(C)(=O)=O. The molecule has 0 spiro atoms. The maximum Gasteiger partial charge on any atom is 0.244 e. The minimum Gasteiger partial charge on any atom is -0.350 e. The van der Waals surface area contributed by atoms with Crippen molar-refractivity contribution in [3.63, 3.8) is 0 Å². The van der Waals surface area contributed by atoms with Gasteiger partial charge >= 0.3 is 0 Å². The molecule has 40 heavy (non-hydrogen) atoms. The zero-order valence-electron chi connectivity index (χ0n) is 23.9. The predicted octanol–water partition coefficient (Wildman–Crippen LogP) is 4.76. The summed E-state index contributed by atoms with van der Waals surface area (Å²) >= 11 is 0. The second-order valence-electron chi connectivity index (χ2n) is 11.1. The first-order valence-electron chi connectivity index (χ1n) is 13.1. The molecule has 0 saturated carbocycles. The average molecular weight is 568 g/mol. The van der Waals surface area contributed by atoms with Gasteiger partial charge in [-0.1, -0.05) is 66.7 Å². The quantitative estimate of drug-likeness (QED) is 0.383. The highest BCUT2D eigenvalue weighted by atomic mass is 32.2. The molecule has 3 rings (SSSR count). The fraction of sp³-hybridized carbons (Fsp3) is 0.355. The van der Waals surface area contributed by atoms with Gasteiger partial charge in [0, 0.05) is 24.1 Å². The van der Waals surface area contributed by atoms with E-state index >= 15 is 0 Å². The Hall–Kier alpha value is -3.72. The lowest BCUT2D eigenvalue weighted by Crippen LogP contribution is -2.56. The van der Waals surface area contributed by atoms with E-state index in [0.717, 1.165) is 16.1 Å². The normalized spacial score (nSPS) is 12.5. The number of halogens is 1. The molecule has 9 heteroatoms. The molecule has 0 heterocycles. The molecular weight excluding hydrogens is 529 g/mol. The van der Waals surface area contributed by atoms with E-state index in [9.17, 15) is 22.4 Å². The highest BCUT2D eigenvalue weighted by Gasteiger charge is 2.35. The minimum absolute atomic E-state index is 0.158. The van der Waals surface area contributed by atoms with E-state index in [0.29, 0.717) is 16.8 Å². The monoisotopic (exact) mass is 567 g/mol. The summed E-state index contributed by atoms with van der Waals surface area (Å²) in [5.74, 6) is -1.56. The van der Waals surface area contributed by atoms with Crippen LogP contribution in [0.15, 0.2) is 72.8 Å². The summed E-state index contributed by atoms with van der Waals surface area (Å²) in [6.07, 6.45) is 1.20. The molecular formula is C31H38FN3O4S. The third-order valence-corrected chi connectivity index (χ3v) is 7.55. The van der Waals surface area contributed by atoms with Crippen molar-refractivity contribution >= 4 is 27.5 Å². The molecule has 0 saturated heterocycles. The molecule has 0 fully saturated rings. The van der Waals surface area contributed by atoms with Gasteiger partial charge < -0.3 is 10.2 Å². The smallest absolute Gasteiger partial charge is 0.244 e. The Kier molecular flexibility index (Phi) is 9.73. The fourth-order valence-corrected chi connectivity index (χ4v) is 5.56. The first-order chi connectivity index (χ1) is 18.7. The predicted molar refractivity (Wildman–Crippen MR) is 157 cm³/mol. The molecule has 0 aliphatic heterocycles. The number of nitrogens with one attached hydrogen (secondary N) is 1. The summed E-state index contributed by atoms with van der Waals surface area (Å²) in [7, 11) is -3.89. The van der Waals surface area contributed by atoms with E-state index in [-0.39, 0.29) is 18.5 Å². The van der Waals surface area contributed by atoms with E-state index in [1.165, 1.54) is 11.0 Å². The van der Waals surface area contributed by atoms with E-state index < -0.39 is 45.8 Å². The number of anilines is 1. The molecule has 1 atom stereocenters.